The van der Waals surface area contributed by atoms with E-state index in [4.69, 9.17) is 11.6 Å². The number of imidazole rings is 1. The predicted molar refractivity (Wildman–Crippen MR) is 159 cm³/mol. The number of benzene rings is 3. The molecule has 3 aromatic carbocycles. The van der Waals surface area contributed by atoms with Gasteiger partial charge in [0.15, 0.2) is 5.65 Å². The van der Waals surface area contributed by atoms with Crippen LogP contribution in [0.4, 0.5) is 0 Å². The minimum atomic E-state index is -4.03. The molecular weight excluding hydrogens is 544 g/mol. The monoisotopic (exact) mass is 570 g/mol. The molecular formula is C31H27ClN4O3S. The fourth-order valence-electron chi connectivity index (χ4n) is 4.36. The molecule has 7 nitrogen and oxygen atoms in total. The number of nitrogens with one attached hydrogen (secondary N) is 1. The van der Waals surface area contributed by atoms with Crippen molar-refractivity contribution in [1.29, 1.82) is 0 Å². The van der Waals surface area contributed by atoms with E-state index in [2.05, 4.69) is 32.9 Å². The van der Waals surface area contributed by atoms with Gasteiger partial charge in [0.1, 0.15) is 17.0 Å². The van der Waals surface area contributed by atoms with E-state index >= 15 is 0 Å². The van der Waals surface area contributed by atoms with E-state index in [0.717, 1.165) is 29.4 Å². The van der Waals surface area contributed by atoms with Crippen molar-refractivity contribution in [3.8, 4) is 0 Å². The second-order valence-electron chi connectivity index (χ2n) is 9.39. The Bertz CT molecular complexity index is 1800. The first-order valence-electron chi connectivity index (χ1n) is 12.7. The Morgan fingerprint density at radius 2 is 1.60 bits per heavy atom. The third kappa shape index (κ3) is 6.65. The van der Waals surface area contributed by atoms with E-state index in [0.29, 0.717) is 34.1 Å². The molecule has 0 unspecified atom stereocenters. The van der Waals surface area contributed by atoms with Crippen LogP contribution in [0.5, 0.6) is 0 Å². The van der Waals surface area contributed by atoms with Gasteiger partial charge in [-0.3, -0.25) is 4.79 Å². The second-order valence-corrected chi connectivity index (χ2v) is 11.4. The van der Waals surface area contributed by atoms with Crippen molar-refractivity contribution < 1.29 is 13.2 Å². The van der Waals surface area contributed by atoms with Gasteiger partial charge in [-0.1, -0.05) is 84.4 Å². The number of aromatic nitrogens is 3. The summed E-state index contributed by atoms with van der Waals surface area (Å²) in [7, 11) is -4.03. The average Bonchev–Trinajstić information content (AvgIpc) is 3.27. The summed E-state index contributed by atoms with van der Waals surface area (Å²) in [6, 6.07) is 28.4. The number of rotatable bonds is 9. The first-order chi connectivity index (χ1) is 19.3. The second kappa shape index (κ2) is 11.9. The Kier molecular flexibility index (Phi) is 8.09. The predicted octanol–water partition coefficient (Wildman–Crippen LogP) is 5.96. The Morgan fingerprint density at radius 1 is 0.900 bits per heavy atom. The van der Waals surface area contributed by atoms with Crippen LogP contribution in [0.3, 0.4) is 0 Å². The number of halogens is 1. The van der Waals surface area contributed by atoms with Gasteiger partial charge in [-0.25, -0.2) is 23.1 Å². The van der Waals surface area contributed by atoms with Gasteiger partial charge >= 0.3 is 0 Å². The number of carbonyl (C=O) groups is 1. The fraction of sp³-hybridized carbons (Fsp3) is 0.129. The number of hydrogen-bond donors (Lipinski definition) is 1. The van der Waals surface area contributed by atoms with E-state index in [9.17, 15) is 13.2 Å². The zero-order valence-electron chi connectivity index (χ0n) is 21.8. The molecule has 0 aliphatic rings. The van der Waals surface area contributed by atoms with Gasteiger partial charge in [-0.05, 0) is 66.3 Å². The van der Waals surface area contributed by atoms with Gasteiger partial charge in [0, 0.05) is 5.02 Å². The first kappa shape index (κ1) is 27.3. The number of fused-ring (bicyclic) bond motifs is 1. The van der Waals surface area contributed by atoms with Crippen LogP contribution < -0.4 is 4.72 Å². The number of amides is 1. The maximum Gasteiger partial charge on any atom is 0.283 e. The molecule has 0 saturated carbocycles. The quantitative estimate of drug-likeness (QED) is 0.236. The molecule has 0 bridgehead atoms. The van der Waals surface area contributed by atoms with E-state index in [1.54, 1.807) is 30.3 Å². The van der Waals surface area contributed by atoms with Crippen LogP contribution in [0.2, 0.25) is 5.02 Å². The van der Waals surface area contributed by atoms with Crippen molar-refractivity contribution in [2.75, 3.05) is 0 Å². The molecule has 1 N–H and O–H groups in total. The Labute approximate surface area is 238 Å². The van der Waals surface area contributed by atoms with Crippen molar-refractivity contribution in [2.24, 2.45) is 0 Å². The molecule has 5 rings (SSSR count). The van der Waals surface area contributed by atoms with Gasteiger partial charge in [0.2, 0.25) is 0 Å². The molecule has 5 aromatic rings. The Hall–Kier alpha value is -4.27. The Balaban J connectivity index is 1.32. The maximum atomic E-state index is 12.8. The molecule has 0 saturated heterocycles. The van der Waals surface area contributed by atoms with Crippen LogP contribution in [0.25, 0.3) is 17.2 Å². The normalized spacial score (nSPS) is 11.8. The highest BCUT2D eigenvalue weighted by atomic mass is 35.5. The molecule has 0 atom stereocenters. The third-order valence-electron chi connectivity index (χ3n) is 6.48. The summed E-state index contributed by atoms with van der Waals surface area (Å²) in [6.45, 7) is 2.25. The van der Waals surface area contributed by atoms with E-state index in [1.807, 2.05) is 47.9 Å². The number of sulfonamides is 1. The van der Waals surface area contributed by atoms with Crippen molar-refractivity contribution in [1.82, 2.24) is 19.3 Å². The number of carbonyl (C=O) groups excluding carboxylic acids is 1. The van der Waals surface area contributed by atoms with Crippen LogP contribution in [-0.2, 0) is 29.4 Å². The summed E-state index contributed by atoms with van der Waals surface area (Å²) < 4.78 is 28.9. The molecule has 1 amide bonds. The largest absolute Gasteiger partial charge is 0.308 e. The lowest BCUT2D eigenvalue weighted by atomic mass is 10.0. The van der Waals surface area contributed by atoms with Gasteiger partial charge in [-0.15, -0.1) is 0 Å². The minimum absolute atomic E-state index is 0.0345. The molecule has 2 aromatic heterocycles. The van der Waals surface area contributed by atoms with Crippen LogP contribution >= 0.6 is 11.6 Å². The number of hydrogen-bond acceptors (Lipinski definition) is 5. The van der Waals surface area contributed by atoms with Crippen molar-refractivity contribution in [3.05, 3.63) is 135 Å². The lowest BCUT2D eigenvalue weighted by Crippen LogP contribution is -2.29. The maximum absolute atomic E-state index is 12.8. The SMILES string of the molecule is Cc1nc2ccc(C(=O)NS(=O)(=O)/C=C/c3ccccc3)nc2n1Cc1ccc(CCc2ccccc2)cc1Cl. The van der Waals surface area contributed by atoms with Crippen molar-refractivity contribution in [2.45, 2.75) is 26.3 Å². The van der Waals surface area contributed by atoms with Crippen LogP contribution in [0.15, 0.2) is 96.4 Å². The highest BCUT2D eigenvalue weighted by Crippen LogP contribution is 2.23. The first-order valence-corrected chi connectivity index (χ1v) is 14.7. The summed E-state index contributed by atoms with van der Waals surface area (Å²) >= 11 is 6.67. The van der Waals surface area contributed by atoms with Gasteiger partial charge in [0.25, 0.3) is 15.9 Å². The highest BCUT2D eigenvalue weighted by molar-refractivity contribution is 7.93. The summed E-state index contributed by atoms with van der Waals surface area (Å²) in [5.74, 6) is -0.131. The van der Waals surface area contributed by atoms with Crippen LogP contribution in [-0.4, -0.2) is 28.9 Å². The molecule has 0 spiro atoms. The smallest absolute Gasteiger partial charge is 0.283 e. The lowest BCUT2D eigenvalue weighted by molar-refractivity contribution is 0.0977. The number of nitrogens with zero attached hydrogens (tertiary/aromatic N) is 3. The molecule has 2 heterocycles. The molecule has 9 heteroatoms. The van der Waals surface area contributed by atoms with E-state index in [1.165, 1.54) is 17.7 Å². The Morgan fingerprint density at radius 3 is 2.33 bits per heavy atom. The standard InChI is InChI=1S/C31H27ClN4O3S/c1-22-33-28-16-17-29(31(37)35-40(38,39)19-18-24-10-6-3-7-11-24)34-30(28)36(22)21-26-15-14-25(20-27(26)32)13-12-23-8-4-2-5-9-23/h2-11,14-20H,12-13,21H2,1H3,(H,35,37)/b19-18+. The summed E-state index contributed by atoms with van der Waals surface area (Å²) in [5, 5.41) is 1.59. The molecule has 0 aliphatic carbocycles. The zero-order chi connectivity index (χ0) is 28.1. The van der Waals surface area contributed by atoms with Gasteiger partial charge in [-0.2, -0.15) is 0 Å². The van der Waals surface area contributed by atoms with Crippen LogP contribution in [0.1, 0.15) is 38.6 Å². The average molecular weight is 571 g/mol. The molecule has 0 fully saturated rings. The molecule has 0 radical (unpaired) electrons. The highest BCUT2D eigenvalue weighted by Gasteiger charge is 2.18. The minimum Gasteiger partial charge on any atom is -0.308 e. The van der Waals surface area contributed by atoms with Crippen LogP contribution in [0, 0.1) is 6.92 Å². The van der Waals surface area contributed by atoms with Gasteiger partial charge in [0.05, 0.1) is 12.0 Å². The zero-order valence-corrected chi connectivity index (χ0v) is 23.4. The number of pyridine rings is 1. The summed E-state index contributed by atoms with van der Waals surface area (Å²) in [6.07, 6.45) is 3.22. The lowest BCUT2D eigenvalue weighted by Gasteiger charge is -2.11. The van der Waals surface area contributed by atoms with Crippen molar-refractivity contribution in [3.63, 3.8) is 0 Å². The summed E-state index contributed by atoms with van der Waals surface area (Å²) in [4.78, 5) is 21.8. The van der Waals surface area contributed by atoms with Gasteiger partial charge < -0.3 is 4.57 Å². The van der Waals surface area contributed by atoms with Crippen molar-refractivity contribution >= 4 is 44.8 Å². The molecule has 40 heavy (non-hydrogen) atoms. The van der Waals surface area contributed by atoms with E-state index in [-0.39, 0.29) is 5.69 Å². The third-order valence-corrected chi connectivity index (χ3v) is 7.80. The van der Waals surface area contributed by atoms with E-state index < -0.39 is 15.9 Å². The topological polar surface area (TPSA) is 93.9 Å². The molecule has 0 aliphatic heterocycles. The summed E-state index contributed by atoms with van der Waals surface area (Å²) in [5.41, 5.74) is 5.02. The number of aryl methyl sites for hydroxylation is 3. The fourth-order valence-corrected chi connectivity index (χ4v) is 5.39. The molecule has 202 valence electrons.